The number of benzene rings is 1. The molecule has 2 heterocycles. The van der Waals surface area contributed by atoms with Crippen molar-refractivity contribution < 1.29 is 9.90 Å². The number of rotatable bonds is 4. The Bertz CT molecular complexity index is 700. The van der Waals surface area contributed by atoms with Crippen molar-refractivity contribution in [3.8, 4) is 0 Å². The summed E-state index contributed by atoms with van der Waals surface area (Å²) in [6.07, 6.45) is 4.64. The van der Waals surface area contributed by atoms with Crippen molar-refractivity contribution in [3.05, 3.63) is 30.5 Å². The molecule has 1 aliphatic rings. The third-order valence-corrected chi connectivity index (χ3v) is 5.00. The summed E-state index contributed by atoms with van der Waals surface area (Å²) in [5, 5.41) is 13.8. The molecule has 5 nitrogen and oxygen atoms in total. The van der Waals surface area contributed by atoms with E-state index in [2.05, 4.69) is 35.1 Å². The van der Waals surface area contributed by atoms with Crippen molar-refractivity contribution in [2.45, 2.75) is 45.8 Å². The number of urea groups is 1. The first kappa shape index (κ1) is 16.8. The summed E-state index contributed by atoms with van der Waals surface area (Å²) in [4.78, 5) is 14.3. The number of nitrogens with one attached hydrogen (secondary N) is 1. The third kappa shape index (κ3) is 3.56. The average molecular weight is 329 g/mol. The van der Waals surface area contributed by atoms with Crippen LogP contribution in [0.25, 0.3) is 10.9 Å². The van der Waals surface area contributed by atoms with Gasteiger partial charge >= 0.3 is 6.03 Å². The number of aryl methyl sites for hydroxylation is 1. The molecule has 5 heteroatoms. The quantitative estimate of drug-likeness (QED) is 0.899. The second-order valence-electron chi connectivity index (χ2n) is 6.78. The molecule has 1 fully saturated rings. The lowest BCUT2D eigenvalue weighted by Gasteiger charge is -2.33. The molecule has 2 aromatic rings. The molecule has 0 spiro atoms. The highest BCUT2D eigenvalue weighted by molar-refractivity contribution is 5.93. The number of hydrogen-bond acceptors (Lipinski definition) is 2. The van der Waals surface area contributed by atoms with Gasteiger partial charge in [-0.05, 0) is 56.4 Å². The number of likely N-dealkylation sites (tertiary alicyclic amines) is 1. The minimum atomic E-state index is -0.287. The molecular formula is C19H27N3O2. The smallest absolute Gasteiger partial charge is 0.321 e. The van der Waals surface area contributed by atoms with Crippen molar-refractivity contribution in [3.63, 3.8) is 0 Å². The van der Waals surface area contributed by atoms with Gasteiger partial charge in [-0.2, -0.15) is 0 Å². The summed E-state index contributed by atoms with van der Waals surface area (Å²) < 4.78 is 2.24. The number of carbonyl (C=O) groups is 1. The van der Waals surface area contributed by atoms with Crippen molar-refractivity contribution in [2.24, 2.45) is 5.92 Å². The summed E-state index contributed by atoms with van der Waals surface area (Å²) in [5.74, 6) is 0.309. The molecule has 2 N–H and O–H groups in total. The Labute approximate surface area is 143 Å². The number of fused-ring (bicyclic) bond motifs is 1. The van der Waals surface area contributed by atoms with Gasteiger partial charge in [0, 0.05) is 42.4 Å². The highest BCUT2D eigenvalue weighted by Crippen LogP contribution is 2.23. The number of carbonyl (C=O) groups excluding carboxylic acids is 1. The molecule has 1 aromatic carbocycles. The number of piperidine rings is 1. The van der Waals surface area contributed by atoms with E-state index in [-0.39, 0.29) is 12.1 Å². The van der Waals surface area contributed by atoms with Gasteiger partial charge in [0.25, 0.3) is 0 Å². The van der Waals surface area contributed by atoms with Gasteiger partial charge < -0.3 is 19.9 Å². The van der Waals surface area contributed by atoms with E-state index in [0.717, 1.165) is 36.9 Å². The van der Waals surface area contributed by atoms with Gasteiger partial charge in [0.15, 0.2) is 0 Å². The largest absolute Gasteiger partial charge is 0.393 e. The molecule has 3 rings (SSSR count). The topological polar surface area (TPSA) is 57.5 Å². The highest BCUT2D eigenvalue weighted by atomic mass is 16.3. The Kier molecular flexibility index (Phi) is 5.09. The van der Waals surface area contributed by atoms with E-state index < -0.39 is 0 Å². The molecule has 0 saturated carbocycles. The predicted molar refractivity (Wildman–Crippen MR) is 97.2 cm³/mol. The molecule has 24 heavy (non-hydrogen) atoms. The minimum absolute atomic E-state index is 0.0496. The van der Waals surface area contributed by atoms with Gasteiger partial charge in [0.1, 0.15) is 0 Å². The molecule has 130 valence electrons. The first-order chi connectivity index (χ1) is 11.6. The molecule has 0 aliphatic carbocycles. The maximum absolute atomic E-state index is 12.4. The molecule has 1 saturated heterocycles. The van der Waals surface area contributed by atoms with Gasteiger partial charge in [0.2, 0.25) is 0 Å². The van der Waals surface area contributed by atoms with Crippen molar-refractivity contribution in [2.75, 3.05) is 18.4 Å². The van der Waals surface area contributed by atoms with E-state index in [9.17, 15) is 9.90 Å². The van der Waals surface area contributed by atoms with E-state index in [4.69, 9.17) is 0 Å². The van der Waals surface area contributed by atoms with E-state index in [0.29, 0.717) is 19.0 Å². The van der Waals surface area contributed by atoms with Gasteiger partial charge in [-0.15, -0.1) is 0 Å². The number of aliphatic hydroxyl groups excluding tert-OH is 1. The van der Waals surface area contributed by atoms with Crippen LogP contribution in [0.15, 0.2) is 30.5 Å². The average Bonchev–Trinajstić information content (AvgIpc) is 2.97. The Balaban J connectivity index is 1.63. The van der Waals surface area contributed by atoms with Crippen LogP contribution >= 0.6 is 0 Å². The second kappa shape index (κ2) is 7.26. The number of hydrogen-bond donors (Lipinski definition) is 2. The van der Waals surface area contributed by atoms with E-state index in [1.54, 1.807) is 0 Å². The standard InChI is InChI=1S/C19H27N3O2/c1-3-9-21-10-8-16-13-17(4-5-18(16)21)20-19(24)22-11-6-15(7-12-22)14(2)23/h4-5,8,10,13-15,23H,3,6-7,9,11-12H2,1-2H3,(H,20,24). The summed E-state index contributed by atoms with van der Waals surface area (Å²) in [5.41, 5.74) is 2.03. The maximum Gasteiger partial charge on any atom is 0.321 e. The minimum Gasteiger partial charge on any atom is -0.393 e. The van der Waals surface area contributed by atoms with E-state index in [1.165, 1.54) is 5.52 Å². The summed E-state index contributed by atoms with van der Waals surface area (Å²) in [7, 11) is 0. The SMILES string of the molecule is CCCn1ccc2cc(NC(=O)N3CCC(C(C)O)CC3)ccc21. The monoisotopic (exact) mass is 329 g/mol. The fourth-order valence-corrected chi connectivity index (χ4v) is 3.50. The van der Waals surface area contributed by atoms with Gasteiger partial charge in [0.05, 0.1) is 6.10 Å². The van der Waals surface area contributed by atoms with Crippen LogP contribution in [0.1, 0.15) is 33.1 Å². The molecule has 0 radical (unpaired) electrons. The molecule has 2 amide bonds. The maximum atomic E-state index is 12.4. The zero-order valence-corrected chi connectivity index (χ0v) is 14.5. The number of aliphatic hydroxyl groups is 1. The van der Waals surface area contributed by atoms with Crippen LogP contribution in [0.5, 0.6) is 0 Å². The summed E-state index contributed by atoms with van der Waals surface area (Å²) in [6, 6.07) is 8.11. The number of nitrogens with zero attached hydrogens (tertiary/aromatic N) is 2. The Morgan fingerprint density at radius 3 is 2.75 bits per heavy atom. The normalized spacial score (nSPS) is 17.2. The fourth-order valence-electron chi connectivity index (χ4n) is 3.50. The number of aromatic nitrogens is 1. The lowest BCUT2D eigenvalue weighted by molar-refractivity contribution is 0.0820. The predicted octanol–water partition coefficient (Wildman–Crippen LogP) is 3.68. The van der Waals surface area contributed by atoms with Crippen molar-refractivity contribution in [1.29, 1.82) is 0 Å². The third-order valence-electron chi connectivity index (χ3n) is 5.00. The van der Waals surface area contributed by atoms with Gasteiger partial charge in [-0.25, -0.2) is 4.79 Å². The van der Waals surface area contributed by atoms with Crippen molar-refractivity contribution in [1.82, 2.24) is 9.47 Å². The zero-order chi connectivity index (χ0) is 17.1. The van der Waals surface area contributed by atoms with Crippen LogP contribution in [0.2, 0.25) is 0 Å². The van der Waals surface area contributed by atoms with Crippen LogP contribution in [0.3, 0.4) is 0 Å². The van der Waals surface area contributed by atoms with Crippen LogP contribution in [0.4, 0.5) is 10.5 Å². The van der Waals surface area contributed by atoms with E-state index in [1.807, 2.05) is 24.0 Å². The highest BCUT2D eigenvalue weighted by Gasteiger charge is 2.25. The number of amides is 2. The molecule has 1 atom stereocenters. The van der Waals surface area contributed by atoms with Crippen molar-refractivity contribution >= 4 is 22.6 Å². The Morgan fingerprint density at radius 1 is 1.33 bits per heavy atom. The molecule has 1 aliphatic heterocycles. The Morgan fingerprint density at radius 2 is 2.08 bits per heavy atom. The summed E-state index contributed by atoms with van der Waals surface area (Å²) in [6.45, 7) is 6.42. The first-order valence-electron chi connectivity index (χ1n) is 8.91. The molecule has 0 bridgehead atoms. The second-order valence-corrected chi connectivity index (χ2v) is 6.78. The molecular weight excluding hydrogens is 302 g/mol. The van der Waals surface area contributed by atoms with Gasteiger partial charge in [-0.3, -0.25) is 0 Å². The first-order valence-corrected chi connectivity index (χ1v) is 8.91. The lowest BCUT2D eigenvalue weighted by atomic mass is 9.92. The van der Waals surface area contributed by atoms with E-state index >= 15 is 0 Å². The van der Waals surface area contributed by atoms with Crippen LogP contribution in [0, 0.1) is 5.92 Å². The van der Waals surface area contributed by atoms with Crippen LogP contribution in [-0.2, 0) is 6.54 Å². The fraction of sp³-hybridized carbons (Fsp3) is 0.526. The lowest BCUT2D eigenvalue weighted by Crippen LogP contribution is -2.42. The molecule has 1 aromatic heterocycles. The zero-order valence-electron chi connectivity index (χ0n) is 14.5. The van der Waals surface area contributed by atoms with Crippen LogP contribution in [-0.4, -0.2) is 39.8 Å². The summed E-state index contributed by atoms with van der Waals surface area (Å²) >= 11 is 0. The van der Waals surface area contributed by atoms with Gasteiger partial charge in [-0.1, -0.05) is 6.92 Å². The van der Waals surface area contributed by atoms with Crippen LogP contribution < -0.4 is 5.32 Å². The Hall–Kier alpha value is -2.01. The number of anilines is 1. The molecule has 1 unspecified atom stereocenters.